The van der Waals surface area contributed by atoms with Gasteiger partial charge >= 0.3 is 5.69 Å². The van der Waals surface area contributed by atoms with Crippen LogP contribution in [0.1, 0.15) is 49.8 Å². The molecule has 1 fully saturated rings. The Morgan fingerprint density at radius 3 is 2.33 bits per heavy atom. The highest BCUT2D eigenvalue weighted by molar-refractivity contribution is 8.15. The molecule has 1 saturated heterocycles. The number of amides is 1. The first kappa shape index (κ1) is 24.8. The molecule has 9 heteroatoms. The Bertz CT molecular complexity index is 1200. The Morgan fingerprint density at radius 2 is 1.73 bits per heavy atom. The minimum Gasteiger partial charge on any atom is -0.494 e. The third-order valence-corrected chi connectivity index (χ3v) is 7.34. The van der Waals surface area contributed by atoms with Crippen LogP contribution >= 0.6 is 11.8 Å². The molecule has 3 rings (SSSR count). The number of rotatable bonds is 4. The quantitative estimate of drug-likeness (QED) is 0.545. The number of thioether (sulfide) groups is 1. The molecule has 0 spiro atoms. The molecule has 1 aliphatic heterocycles. The highest BCUT2D eigenvalue weighted by Gasteiger charge is 2.30. The van der Waals surface area contributed by atoms with Gasteiger partial charge in [0.25, 0.3) is 5.56 Å². The van der Waals surface area contributed by atoms with Crippen molar-refractivity contribution in [1.29, 1.82) is 0 Å². The zero-order chi connectivity index (χ0) is 24.4. The van der Waals surface area contributed by atoms with E-state index in [1.165, 1.54) is 14.1 Å². The van der Waals surface area contributed by atoms with E-state index in [0.29, 0.717) is 5.69 Å². The Kier molecular flexibility index (Phi) is 7.51. The first-order valence-electron chi connectivity index (χ1n) is 11.1. The monoisotopic (exact) mass is 472 g/mol. The van der Waals surface area contributed by atoms with Crippen LogP contribution in [0.4, 0.5) is 5.69 Å². The van der Waals surface area contributed by atoms with Crippen molar-refractivity contribution in [2.24, 2.45) is 19.1 Å². The van der Waals surface area contributed by atoms with Crippen LogP contribution in [0, 0.1) is 13.8 Å². The van der Waals surface area contributed by atoms with E-state index in [1.807, 2.05) is 36.9 Å². The van der Waals surface area contributed by atoms with Gasteiger partial charge < -0.3 is 10.0 Å². The van der Waals surface area contributed by atoms with E-state index in [0.717, 1.165) is 51.3 Å². The summed E-state index contributed by atoms with van der Waals surface area (Å²) in [6, 6.07) is 5.94. The number of carbonyl (C=O) groups excluding carboxylic acids is 1. The van der Waals surface area contributed by atoms with Crippen molar-refractivity contribution in [3.05, 3.63) is 55.7 Å². The molecular weight excluding hydrogens is 440 g/mol. The van der Waals surface area contributed by atoms with Gasteiger partial charge in [-0.15, -0.1) is 0 Å². The lowest BCUT2D eigenvalue weighted by Crippen LogP contribution is -2.48. The summed E-state index contributed by atoms with van der Waals surface area (Å²) >= 11 is 1.11. The largest absolute Gasteiger partial charge is 0.494 e. The van der Waals surface area contributed by atoms with E-state index in [9.17, 15) is 19.5 Å². The molecule has 0 unspecified atom stereocenters. The number of benzene rings is 1. The number of hydrogen-bond donors (Lipinski definition) is 1. The predicted octanol–water partition coefficient (Wildman–Crippen LogP) is 3.01. The van der Waals surface area contributed by atoms with Crippen LogP contribution in [0.2, 0.25) is 0 Å². The number of hydrogen-bond acceptors (Lipinski definition) is 6. The molecule has 178 valence electrons. The van der Waals surface area contributed by atoms with E-state index in [2.05, 4.69) is 18.8 Å². The molecule has 1 aromatic heterocycles. The zero-order valence-corrected chi connectivity index (χ0v) is 20.9. The molecule has 2 heterocycles. The number of aryl methyl sites for hydroxylation is 2. The van der Waals surface area contributed by atoms with E-state index in [1.54, 1.807) is 0 Å². The van der Waals surface area contributed by atoms with E-state index in [-0.39, 0.29) is 34.4 Å². The lowest BCUT2D eigenvalue weighted by atomic mass is 9.98. The zero-order valence-electron chi connectivity index (χ0n) is 20.1. The summed E-state index contributed by atoms with van der Waals surface area (Å²) in [7, 11) is 2.75. The van der Waals surface area contributed by atoms with Crippen LogP contribution in [0.5, 0.6) is 5.88 Å². The van der Waals surface area contributed by atoms with Crippen LogP contribution in [0.15, 0.2) is 32.8 Å². The van der Waals surface area contributed by atoms with Crippen molar-refractivity contribution in [1.82, 2.24) is 14.0 Å². The molecular formula is C24H32N4O4S. The number of carbonyl (C=O) groups is 1. The van der Waals surface area contributed by atoms with Crippen molar-refractivity contribution in [3.63, 3.8) is 0 Å². The van der Waals surface area contributed by atoms with E-state index >= 15 is 0 Å². The molecule has 2 atom stereocenters. The van der Waals surface area contributed by atoms with Gasteiger partial charge in [0.1, 0.15) is 10.6 Å². The highest BCUT2D eigenvalue weighted by atomic mass is 32.2. The van der Waals surface area contributed by atoms with Crippen molar-refractivity contribution < 1.29 is 9.90 Å². The Balaban J connectivity index is 2.05. The minimum absolute atomic E-state index is 0.0337. The second kappa shape index (κ2) is 9.99. The van der Waals surface area contributed by atoms with Crippen molar-refractivity contribution in [3.8, 4) is 5.88 Å². The fraction of sp³-hybridized carbons (Fsp3) is 0.500. The minimum atomic E-state index is -0.655. The third kappa shape index (κ3) is 5.08. The summed E-state index contributed by atoms with van der Waals surface area (Å²) in [5.41, 5.74) is 1.36. The highest BCUT2D eigenvalue weighted by Crippen LogP contribution is 2.27. The van der Waals surface area contributed by atoms with Gasteiger partial charge in [0.05, 0.1) is 11.4 Å². The van der Waals surface area contributed by atoms with Gasteiger partial charge in [-0.25, -0.2) is 9.79 Å². The standard InChI is InChI=1S/C24H32N4O4S/c1-14-10-11-18(12-15(14)2)25-21(20-22(30)26(5)24(32)27(6)23(20)31)33-13-19(29)28-16(3)8-7-9-17(28)4/h10-12,16-17,30H,7-9,13H2,1-6H3/t16-,17-/m0/s1. The molecule has 0 bridgehead atoms. The third-order valence-electron chi connectivity index (χ3n) is 6.38. The number of aliphatic imine (C=N–C) groups is 1. The maximum absolute atomic E-state index is 13.1. The molecule has 2 aromatic rings. The van der Waals surface area contributed by atoms with Gasteiger partial charge in [-0.2, -0.15) is 0 Å². The topological polar surface area (TPSA) is 96.9 Å². The second-order valence-electron chi connectivity index (χ2n) is 8.81. The van der Waals surface area contributed by atoms with Gasteiger partial charge in [-0.3, -0.25) is 18.7 Å². The van der Waals surface area contributed by atoms with E-state index < -0.39 is 17.1 Å². The molecule has 1 N–H and O–H groups in total. The van der Waals surface area contributed by atoms with Crippen LogP contribution in [-0.2, 0) is 18.9 Å². The maximum Gasteiger partial charge on any atom is 0.333 e. The summed E-state index contributed by atoms with van der Waals surface area (Å²) < 4.78 is 1.94. The number of aromatic nitrogens is 2. The fourth-order valence-electron chi connectivity index (χ4n) is 4.21. The number of piperidine rings is 1. The van der Waals surface area contributed by atoms with Crippen LogP contribution in [-0.4, -0.2) is 47.9 Å². The normalized spacial score (nSPS) is 19.1. The average Bonchev–Trinajstić information content (AvgIpc) is 2.77. The Morgan fingerprint density at radius 1 is 1.09 bits per heavy atom. The smallest absolute Gasteiger partial charge is 0.333 e. The molecule has 0 radical (unpaired) electrons. The lowest BCUT2D eigenvalue weighted by Gasteiger charge is -2.39. The van der Waals surface area contributed by atoms with Crippen LogP contribution in [0.3, 0.4) is 0 Å². The van der Waals surface area contributed by atoms with Gasteiger partial charge in [-0.1, -0.05) is 17.8 Å². The Labute approximate surface area is 198 Å². The molecule has 8 nitrogen and oxygen atoms in total. The lowest BCUT2D eigenvalue weighted by molar-refractivity contribution is -0.134. The first-order chi connectivity index (χ1) is 15.5. The Hall–Kier alpha value is -2.81. The molecule has 1 amide bonds. The van der Waals surface area contributed by atoms with Gasteiger partial charge in [0, 0.05) is 26.2 Å². The summed E-state index contributed by atoms with van der Waals surface area (Å²) in [6.07, 6.45) is 3.03. The van der Waals surface area contributed by atoms with Crippen molar-refractivity contribution in [2.75, 3.05) is 5.75 Å². The van der Waals surface area contributed by atoms with Crippen LogP contribution < -0.4 is 11.2 Å². The van der Waals surface area contributed by atoms with Gasteiger partial charge in [0.15, 0.2) is 0 Å². The predicted molar refractivity (Wildman–Crippen MR) is 133 cm³/mol. The van der Waals surface area contributed by atoms with Crippen molar-refractivity contribution in [2.45, 2.75) is 59.0 Å². The molecule has 0 aliphatic carbocycles. The van der Waals surface area contributed by atoms with Gasteiger partial charge in [-0.05, 0) is 70.2 Å². The fourth-order valence-corrected chi connectivity index (χ4v) is 5.11. The number of likely N-dealkylation sites (tertiary alicyclic amines) is 1. The summed E-state index contributed by atoms with van der Waals surface area (Å²) in [5, 5.41) is 10.9. The number of nitrogens with zero attached hydrogens (tertiary/aromatic N) is 4. The molecule has 0 saturated carbocycles. The SMILES string of the molecule is Cc1ccc(N=C(SCC(=O)N2[C@@H](C)CCC[C@@H]2C)c2c(O)n(C)c(=O)n(C)c2=O)cc1C. The number of aromatic hydroxyl groups is 1. The summed E-state index contributed by atoms with van der Waals surface area (Å²) in [5.74, 6) is -0.428. The van der Waals surface area contributed by atoms with Crippen LogP contribution in [0.25, 0.3) is 0 Å². The summed E-state index contributed by atoms with van der Waals surface area (Å²) in [6.45, 7) is 8.06. The maximum atomic E-state index is 13.1. The van der Waals surface area contributed by atoms with Gasteiger partial charge in [0.2, 0.25) is 11.8 Å². The van der Waals surface area contributed by atoms with E-state index in [4.69, 9.17) is 0 Å². The average molecular weight is 473 g/mol. The molecule has 1 aliphatic rings. The van der Waals surface area contributed by atoms with Crippen molar-refractivity contribution >= 4 is 28.4 Å². The summed E-state index contributed by atoms with van der Waals surface area (Å²) in [4.78, 5) is 44.9. The second-order valence-corrected chi connectivity index (χ2v) is 9.77. The molecule has 1 aromatic carbocycles. The first-order valence-corrected chi connectivity index (χ1v) is 12.1. The molecule has 33 heavy (non-hydrogen) atoms.